The molecule has 1 fully saturated rings. The summed E-state index contributed by atoms with van der Waals surface area (Å²) in [5.41, 5.74) is 3.91. The van der Waals surface area contributed by atoms with Crippen molar-refractivity contribution in [2.75, 3.05) is 12.4 Å². The zero-order valence-corrected chi connectivity index (χ0v) is 29.0. The van der Waals surface area contributed by atoms with Crippen LogP contribution in [0.25, 0.3) is 0 Å². The third-order valence-electron chi connectivity index (χ3n) is 8.37. The van der Waals surface area contributed by atoms with Gasteiger partial charge >= 0.3 is 0 Å². The third kappa shape index (κ3) is 12.2. The predicted octanol–water partition coefficient (Wildman–Crippen LogP) is 7.61. The average Bonchev–Trinajstić information content (AvgIpc) is 3.14. The second kappa shape index (κ2) is 19.7. The van der Waals surface area contributed by atoms with Crippen LogP contribution in [0.5, 0.6) is 0 Å². The van der Waals surface area contributed by atoms with Crippen LogP contribution in [0, 0.1) is 0 Å². The molecule has 0 saturated carbocycles. The molecule has 4 aromatic rings. The molecule has 0 amide bonds. The van der Waals surface area contributed by atoms with Gasteiger partial charge in [-0.15, -0.1) is 0 Å². The van der Waals surface area contributed by atoms with Gasteiger partial charge in [0.15, 0.2) is 6.29 Å². The van der Waals surface area contributed by atoms with Gasteiger partial charge in [-0.1, -0.05) is 141 Å². The molecule has 5 atom stereocenters. The second-order valence-corrected chi connectivity index (χ2v) is 14.0. The maximum Gasteiger partial charge on any atom is 0.267 e. The minimum absolute atomic E-state index is 0.122. The zero-order valence-electron chi connectivity index (χ0n) is 28.2. The van der Waals surface area contributed by atoms with Gasteiger partial charge in [-0.25, -0.2) is 0 Å². The molecule has 0 aliphatic carbocycles. The molecule has 0 spiro atoms. The Hall–Kier alpha value is -3.41. The number of benzene rings is 4. The molecule has 0 unspecified atom stereocenters. The van der Waals surface area contributed by atoms with E-state index in [0.717, 1.165) is 35.1 Å². The Morgan fingerprint density at radius 2 is 0.980 bits per heavy atom. The van der Waals surface area contributed by atoms with Crippen LogP contribution in [0.1, 0.15) is 54.9 Å². The van der Waals surface area contributed by atoms with Crippen molar-refractivity contribution in [2.24, 2.45) is 0 Å². The molecule has 1 aliphatic rings. The molecule has 0 N–H and O–H groups in total. The number of ether oxygens (including phenoxy) is 5. The van der Waals surface area contributed by atoms with Crippen LogP contribution in [0.2, 0.25) is 0 Å². The van der Waals surface area contributed by atoms with E-state index in [2.05, 4.69) is 6.92 Å². The fourth-order valence-electron chi connectivity index (χ4n) is 5.72. The molecule has 5 rings (SSSR count). The Bertz CT molecular complexity index is 1570. The maximum absolute atomic E-state index is 13.0. The summed E-state index contributed by atoms with van der Waals surface area (Å²) in [5, 5.41) is 0. The molecule has 4 aromatic carbocycles. The predicted molar refractivity (Wildman–Crippen MR) is 189 cm³/mol. The van der Waals surface area contributed by atoms with E-state index in [1.807, 2.05) is 121 Å². The molecule has 0 bridgehead atoms. The van der Waals surface area contributed by atoms with Crippen LogP contribution in [0.15, 0.2) is 121 Å². The number of hydrogen-bond donors (Lipinski definition) is 0. The summed E-state index contributed by atoms with van der Waals surface area (Å²) in [6.07, 6.45) is -0.941. The molecule has 1 heterocycles. The molecule has 0 radical (unpaired) electrons. The highest BCUT2D eigenvalue weighted by atomic mass is 32.2. The van der Waals surface area contributed by atoms with Gasteiger partial charge in [-0.2, -0.15) is 8.42 Å². The molecule has 8 nitrogen and oxygen atoms in total. The first-order valence-corrected chi connectivity index (χ1v) is 18.7. The van der Waals surface area contributed by atoms with Crippen LogP contribution in [-0.4, -0.2) is 51.5 Å². The van der Waals surface area contributed by atoms with Crippen LogP contribution in [0.3, 0.4) is 0 Å². The second-order valence-electron chi connectivity index (χ2n) is 12.2. The van der Waals surface area contributed by atoms with E-state index < -0.39 is 40.8 Å². The van der Waals surface area contributed by atoms with Gasteiger partial charge < -0.3 is 23.7 Å². The van der Waals surface area contributed by atoms with Crippen molar-refractivity contribution in [1.29, 1.82) is 0 Å². The van der Waals surface area contributed by atoms with Gasteiger partial charge in [0, 0.05) is 0 Å². The summed E-state index contributed by atoms with van der Waals surface area (Å²) >= 11 is 0. The normalized spacial score (nSPS) is 21.0. The molecule has 262 valence electrons. The monoisotopic (exact) mass is 688 g/mol. The summed E-state index contributed by atoms with van der Waals surface area (Å²) in [4.78, 5) is 0. The summed E-state index contributed by atoms with van der Waals surface area (Å²) in [6.45, 7) is 3.35. The fourth-order valence-corrected chi connectivity index (χ4v) is 6.73. The topological polar surface area (TPSA) is 89.5 Å². The molecular formula is C40H48O8S. The first-order chi connectivity index (χ1) is 24.0. The minimum atomic E-state index is -3.81. The first-order valence-electron chi connectivity index (χ1n) is 17.2. The lowest BCUT2D eigenvalue weighted by atomic mass is 9.96. The lowest BCUT2D eigenvalue weighted by Gasteiger charge is -2.46. The van der Waals surface area contributed by atoms with Crippen molar-refractivity contribution >= 4 is 10.1 Å². The van der Waals surface area contributed by atoms with E-state index in [4.69, 9.17) is 27.9 Å². The third-order valence-corrected chi connectivity index (χ3v) is 9.63. The molecular weight excluding hydrogens is 640 g/mol. The Labute approximate surface area is 291 Å². The summed E-state index contributed by atoms with van der Waals surface area (Å²) in [7, 11) is -3.81. The van der Waals surface area contributed by atoms with Gasteiger partial charge in [0.25, 0.3) is 10.1 Å². The molecule has 49 heavy (non-hydrogen) atoms. The highest BCUT2D eigenvalue weighted by Gasteiger charge is 2.49. The van der Waals surface area contributed by atoms with Crippen molar-refractivity contribution in [2.45, 2.75) is 89.7 Å². The van der Waals surface area contributed by atoms with Crippen molar-refractivity contribution in [1.82, 2.24) is 0 Å². The Morgan fingerprint density at radius 3 is 1.45 bits per heavy atom. The van der Waals surface area contributed by atoms with E-state index in [1.165, 1.54) is 0 Å². The standard InChI is InChI=1S/C40H48O8S/c1-2-3-16-26-47-49(41,42)27-25-36-37(43-28-32-17-8-4-9-18-32)38(44-29-33-19-10-5-11-20-33)39(45-30-34-21-12-6-13-22-34)40(48-36)46-31-35-23-14-7-15-24-35/h4-15,17-24,36-40H,2-3,16,25-31H2,1H3/t36-,37-,38+,39-,40-/m1/s1. The van der Waals surface area contributed by atoms with Crippen LogP contribution < -0.4 is 0 Å². The Balaban J connectivity index is 1.44. The smallest absolute Gasteiger partial charge is 0.267 e. The molecule has 0 aromatic heterocycles. The minimum Gasteiger partial charge on any atom is -0.368 e. The maximum atomic E-state index is 13.0. The number of unbranched alkanes of at least 4 members (excludes halogenated alkanes) is 2. The summed E-state index contributed by atoms with van der Waals surface area (Å²) in [5.74, 6) is -0.235. The van der Waals surface area contributed by atoms with Crippen LogP contribution >= 0.6 is 0 Å². The summed E-state index contributed by atoms with van der Waals surface area (Å²) in [6, 6.07) is 39.5. The largest absolute Gasteiger partial charge is 0.368 e. The molecule has 1 aliphatic heterocycles. The van der Waals surface area contributed by atoms with E-state index in [9.17, 15) is 8.42 Å². The van der Waals surface area contributed by atoms with Crippen molar-refractivity contribution in [3.05, 3.63) is 144 Å². The quantitative estimate of drug-likeness (QED) is 0.0693. The van der Waals surface area contributed by atoms with Gasteiger partial charge in [-0.3, -0.25) is 4.18 Å². The van der Waals surface area contributed by atoms with Crippen LogP contribution in [-0.2, 0) is 64.4 Å². The van der Waals surface area contributed by atoms with Gasteiger partial charge in [0.1, 0.15) is 18.3 Å². The first kappa shape index (κ1) is 36.9. The van der Waals surface area contributed by atoms with Gasteiger partial charge in [-0.05, 0) is 35.1 Å². The highest BCUT2D eigenvalue weighted by Crippen LogP contribution is 2.33. The van der Waals surface area contributed by atoms with E-state index >= 15 is 0 Å². The van der Waals surface area contributed by atoms with Gasteiger partial charge in [0.2, 0.25) is 0 Å². The van der Waals surface area contributed by atoms with Crippen molar-refractivity contribution in [3.63, 3.8) is 0 Å². The van der Waals surface area contributed by atoms with Crippen molar-refractivity contribution < 1.29 is 36.3 Å². The Morgan fingerprint density at radius 1 is 0.551 bits per heavy atom. The zero-order chi connectivity index (χ0) is 34.2. The highest BCUT2D eigenvalue weighted by molar-refractivity contribution is 7.86. The van der Waals surface area contributed by atoms with Crippen molar-refractivity contribution in [3.8, 4) is 0 Å². The summed E-state index contributed by atoms with van der Waals surface area (Å²) < 4.78 is 64.5. The molecule has 1 saturated heterocycles. The lowest BCUT2D eigenvalue weighted by molar-refractivity contribution is -0.325. The van der Waals surface area contributed by atoms with Crippen LogP contribution in [0.4, 0.5) is 0 Å². The number of rotatable bonds is 20. The fraction of sp³-hybridized carbons (Fsp3) is 0.400. The van der Waals surface area contributed by atoms with E-state index in [0.29, 0.717) is 19.6 Å². The lowest BCUT2D eigenvalue weighted by Crippen LogP contribution is -2.61. The van der Waals surface area contributed by atoms with Gasteiger partial charge in [0.05, 0.1) is 44.9 Å². The Kier molecular flexibility index (Phi) is 14.8. The van der Waals surface area contributed by atoms with E-state index in [1.54, 1.807) is 0 Å². The number of hydrogen-bond acceptors (Lipinski definition) is 8. The SMILES string of the molecule is CCCCCOS(=O)(=O)CC[C@H]1O[C@@H](OCc2ccccc2)[C@H](OCc2ccccc2)[C@@H](OCc2ccccc2)[C@@H]1OCc1ccccc1. The average molecular weight is 689 g/mol. The van der Waals surface area contributed by atoms with E-state index in [-0.39, 0.29) is 32.0 Å². The molecule has 9 heteroatoms.